The molecule has 0 bridgehead atoms. The molecule has 1 N–H and O–H groups in total. The standard InChI is InChI=1S/C26H23Cl2F3N2O3/c1-35-23-15-33(24(16-2-8-19(27)9-3-16)17-4-10-20(28)11-5-17)14-22(23)32-25(34)18-6-12-21(13-7-18)36-26(29,30)31/h2-13,22-24H,14-15H2,1H3,(H,32,34). The SMILES string of the molecule is COC1CN(C(c2ccc(Cl)cc2)c2ccc(Cl)cc2)CC1NC(=O)c1ccc(OC(F)(F)F)cc1. The molecule has 4 rings (SSSR count). The normalized spacial score (nSPS) is 18.4. The van der Waals surface area contributed by atoms with E-state index in [0.717, 1.165) is 23.3 Å². The highest BCUT2D eigenvalue weighted by atomic mass is 35.5. The number of carbonyl (C=O) groups excluding carboxylic acids is 1. The molecule has 1 heterocycles. The van der Waals surface area contributed by atoms with Gasteiger partial charge in [-0.3, -0.25) is 9.69 Å². The number of amides is 1. The Morgan fingerprint density at radius 1 is 0.917 bits per heavy atom. The topological polar surface area (TPSA) is 50.8 Å². The van der Waals surface area contributed by atoms with Gasteiger partial charge in [-0.1, -0.05) is 47.5 Å². The molecule has 1 saturated heterocycles. The molecule has 5 nitrogen and oxygen atoms in total. The predicted molar refractivity (Wildman–Crippen MR) is 131 cm³/mol. The minimum atomic E-state index is -4.80. The number of nitrogens with zero attached hydrogens (tertiary/aromatic N) is 1. The average molecular weight is 539 g/mol. The second-order valence-electron chi connectivity index (χ2n) is 8.39. The van der Waals surface area contributed by atoms with Gasteiger partial charge in [0, 0.05) is 35.8 Å². The van der Waals surface area contributed by atoms with Crippen LogP contribution in [-0.2, 0) is 4.74 Å². The molecule has 190 valence electrons. The van der Waals surface area contributed by atoms with Crippen molar-refractivity contribution in [1.29, 1.82) is 0 Å². The summed E-state index contributed by atoms with van der Waals surface area (Å²) in [5, 5.41) is 4.21. The van der Waals surface area contributed by atoms with Crippen molar-refractivity contribution < 1.29 is 27.4 Å². The molecule has 10 heteroatoms. The summed E-state index contributed by atoms with van der Waals surface area (Å²) in [6, 6.07) is 19.4. The summed E-state index contributed by atoms with van der Waals surface area (Å²) in [6.45, 7) is 1.02. The molecule has 36 heavy (non-hydrogen) atoms. The lowest BCUT2D eigenvalue weighted by atomic mass is 9.97. The zero-order chi connectivity index (χ0) is 25.9. The summed E-state index contributed by atoms with van der Waals surface area (Å²) in [7, 11) is 1.58. The lowest BCUT2D eigenvalue weighted by Gasteiger charge is -2.29. The van der Waals surface area contributed by atoms with Crippen LogP contribution in [0.3, 0.4) is 0 Å². The van der Waals surface area contributed by atoms with Gasteiger partial charge in [0.25, 0.3) is 5.91 Å². The van der Waals surface area contributed by atoms with E-state index in [4.69, 9.17) is 27.9 Å². The molecule has 0 aliphatic carbocycles. The fourth-order valence-corrected chi connectivity index (χ4v) is 4.61. The summed E-state index contributed by atoms with van der Waals surface area (Å²) < 4.78 is 46.8. The first-order valence-electron chi connectivity index (χ1n) is 11.1. The van der Waals surface area contributed by atoms with Crippen LogP contribution in [0.2, 0.25) is 10.0 Å². The zero-order valence-corrected chi connectivity index (χ0v) is 20.6. The van der Waals surface area contributed by atoms with E-state index in [-0.39, 0.29) is 23.8 Å². The molecule has 2 atom stereocenters. The van der Waals surface area contributed by atoms with Crippen LogP contribution in [0.25, 0.3) is 0 Å². The van der Waals surface area contributed by atoms with E-state index >= 15 is 0 Å². The van der Waals surface area contributed by atoms with Crippen LogP contribution in [0.5, 0.6) is 5.75 Å². The Morgan fingerprint density at radius 3 is 1.92 bits per heavy atom. The Bertz CT molecular complexity index is 1130. The molecule has 0 radical (unpaired) electrons. The minimum absolute atomic E-state index is 0.141. The van der Waals surface area contributed by atoms with Crippen molar-refractivity contribution in [2.45, 2.75) is 24.6 Å². The number of ether oxygens (including phenoxy) is 2. The van der Waals surface area contributed by atoms with Crippen LogP contribution >= 0.6 is 23.2 Å². The second kappa shape index (κ2) is 11.1. The van der Waals surface area contributed by atoms with Crippen LogP contribution in [-0.4, -0.2) is 49.5 Å². The first kappa shape index (κ1) is 26.3. The predicted octanol–water partition coefficient (Wildman–Crippen LogP) is 6.11. The third-order valence-electron chi connectivity index (χ3n) is 6.00. The van der Waals surface area contributed by atoms with Crippen molar-refractivity contribution in [2.24, 2.45) is 0 Å². The van der Waals surface area contributed by atoms with E-state index in [1.165, 1.54) is 12.1 Å². The molecular formula is C26H23Cl2F3N2O3. The number of carbonyl (C=O) groups is 1. The van der Waals surface area contributed by atoms with E-state index < -0.39 is 18.0 Å². The van der Waals surface area contributed by atoms with Crippen LogP contribution < -0.4 is 10.1 Å². The third kappa shape index (κ3) is 6.50. The van der Waals surface area contributed by atoms with E-state index in [9.17, 15) is 18.0 Å². The number of hydrogen-bond acceptors (Lipinski definition) is 4. The highest BCUT2D eigenvalue weighted by Crippen LogP contribution is 2.34. The van der Waals surface area contributed by atoms with E-state index in [1.807, 2.05) is 48.5 Å². The molecule has 1 fully saturated rings. The van der Waals surface area contributed by atoms with Crippen molar-refractivity contribution in [3.63, 3.8) is 0 Å². The summed E-state index contributed by atoms with van der Waals surface area (Å²) in [5.41, 5.74) is 2.25. The quantitative estimate of drug-likeness (QED) is 0.394. The van der Waals surface area contributed by atoms with Crippen LogP contribution in [0, 0.1) is 0 Å². The fraction of sp³-hybridized carbons (Fsp3) is 0.269. The van der Waals surface area contributed by atoms with Gasteiger partial charge in [-0.05, 0) is 59.7 Å². The molecule has 3 aromatic rings. The Labute approximate surface area is 216 Å². The number of nitrogens with one attached hydrogen (secondary N) is 1. The van der Waals surface area contributed by atoms with Crippen LogP contribution in [0.4, 0.5) is 13.2 Å². The summed E-state index contributed by atoms with van der Waals surface area (Å²) >= 11 is 12.2. The molecule has 0 aromatic heterocycles. The largest absolute Gasteiger partial charge is 0.573 e. The highest BCUT2D eigenvalue weighted by molar-refractivity contribution is 6.30. The van der Waals surface area contributed by atoms with Crippen molar-refractivity contribution in [1.82, 2.24) is 10.2 Å². The molecule has 1 aliphatic heterocycles. The van der Waals surface area contributed by atoms with Gasteiger partial charge in [-0.2, -0.15) is 0 Å². The van der Waals surface area contributed by atoms with E-state index in [1.54, 1.807) is 7.11 Å². The summed E-state index contributed by atoms with van der Waals surface area (Å²) in [5.74, 6) is -0.813. The van der Waals surface area contributed by atoms with Gasteiger partial charge < -0.3 is 14.8 Å². The summed E-state index contributed by atoms with van der Waals surface area (Å²) in [6.07, 6.45) is -5.10. The number of halogens is 5. The lowest BCUT2D eigenvalue weighted by Crippen LogP contribution is -2.43. The van der Waals surface area contributed by atoms with Crippen molar-refractivity contribution in [3.8, 4) is 5.75 Å². The Hall–Kier alpha value is -2.78. The number of alkyl halides is 3. The molecule has 1 aliphatic rings. The van der Waals surface area contributed by atoms with Crippen molar-refractivity contribution >= 4 is 29.1 Å². The maximum atomic E-state index is 12.9. The Kier molecular flexibility index (Phi) is 8.10. The number of hydrogen-bond donors (Lipinski definition) is 1. The Balaban J connectivity index is 1.52. The molecule has 0 spiro atoms. The zero-order valence-electron chi connectivity index (χ0n) is 19.1. The second-order valence-corrected chi connectivity index (χ2v) is 9.26. The lowest BCUT2D eigenvalue weighted by molar-refractivity contribution is -0.274. The van der Waals surface area contributed by atoms with Gasteiger partial charge >= 0.3 is 6.36 Å². The number of methoxy groups -OCH3 is 1. The maximum absolute atomic E-state index is 12.9. The molecule has 3 aromatic carbocycles. The highest BCUT2D eigenvalue weighted by Gasteiger charge is 2.38. The van der Waals surface area contributed by atoms with Gasteiger partial charge in [-0.15, -0.1) is 13.2 Å². The Morgan fingerprint density at radius 2 is 1.44 bits per heavy atom. The summed E-state index contributed by atoms with van der Waals surface area (Å²) in [4.78, 5) is 15.1. The first-order valence-corrected chi connectivity index (χ1v) is 11.8. The minimum Gasteiger partial charge on any atom is -0.406 e. The number of likely N-dealkylation sites (tertiary alicyclic amines) is 1. The first-order chi connectivity index (χ1) is 17.1. The number of rotatable bonds is 7. The number of benzene rings is 3. The average Bonchev–Trinajstić information content (AvgIpc) is 3.23. The third-order valence-corrected chi connectivity index (χ3v) is 6.50. The molecule has 1 amide bonds. The van der Waals surface area contributed by atoms with Gasteiger partial charge in [0.2, 0.25) is 0 Å². The van der Waals surface area contributed by atoms with Crippen molar-refractivity contribution in [3.05, 3.63) is 99.5 Å². The van der Waals surface area contributed by atoms with Crippen LogP contribution in [0.15, 0.2) is 72.8 Å². The van der Waals surface area contributed by atoms with Gasteiger partial charge in [0.15, 0.2) is 0 Å². The fourth-order valence-electron chi connectivity index (χ4n) is 4.36. The van der Waals surface area contributed by atoms with Crippen LogP contribution in [0.1, 0.15) is 27.5 Å². The van der Waals surface area contributed by atoms with E-state index in [0.29, 0.717) is 23.1 Å². The van der Waals surface area contributed by atoms with Gasteiger partial charge in [-0.25, -0.2) is 0 Å². The maximum Gasteiger partial charge on any atom is 0.573 e. The van der Waals surface area contributed by atoms with Crippen molar-refractivity contribution in [2.75, 3.05) is 20.2 Å². The molecule has 0 saturated carbocycles. The monoisotopic (exact) mass is 538 g/mol. The van der Waals surface area contributed by atoms with Gasteiger partial charge in [0.1, 0.15) is 5.75 Å². The smallest absolute Gasteiger partial charge is 0.406 e. The molecular weight excluding hydrogens is 516 g/mol. The van der Waals surface area contributed by atoms with E-state index in [2.05, 4.69) is 15.0 Å². The molecule has 2 unspecified atom stereocenters. The van der Waals surface area contributed by atoms with Gasteiger partial charge in [0.05, 0.1) is 18.2 Å².